The molecule has 0 heteroatoms. The third-order valence-electron chi connectivity index (χ3n) is 3.82. The van der Waals surface area contributed by atoms with E-state index in [-0.39, 0.29) is 0 Å². The van der Waals surface area contributed by atoms with Gasteiger partial charge in [0, 0.05) is 5.92 Å². The van der Waals surface area contributed by atoms with E-state index in [0.29, 0.717) is 5.92 Å². The first-order valence-electron chi connectivity index (χ1n) is 7.41. The smallest absolute Gasteiger partial charge is 0.00918 e. The maximum Gasteiger partial charge on any atom is 0.00918 e. The Morgan fingerprint density at radius 1 is 0.789 bits per heavy atom. The zero-order valence-corrected chi connectivity index (χ0v) is 12.0. The molecule has 0 amide bonds. The van der Waals surface area contributed by atoms with Gasteiger partial charge in [0.15, 0.2) is 0 Å². The van der Waals surface area contributed by atoms with Gasteiger partial charge in [-0.05, 0) is 23.5 Å². The summed E-state index contributed by atoms with van der Waals surface area (Å²) >= 11 is 0. The van der Waals surface area contributed by atoms with Crippen molar-refractivity contribution in [3.63, 3.8) is 0 Å². The van der Waals surface area contributed by atoms with Crippen molar-refractivity contribution in [3.05, 3.63) is 71.8 Å². The van der Waals surface area contributed by atoms with Gasteiger partial charge < -0.3 is 0 Å². The summed E-state index contributed by atoms with van der Waals surface area (Å²) in [6.45, 7) is 4.65. The maximum atomic E-state index is 2.38. The molecule has 0 fully saturated rings. The summed E-state index contributed by atoms with van der Waals surface area (Å²) in [7, 11) is 0. The Kier molecular flexibility index (Phi) is 5.20. The molecule has 0 bridgehead atoms. The van der Waals surface area contributed by atoms with Crippen molar-refractivity contribution in [2.24, 2.45) is 5.92 Å². The van der Waals surface area contributed by atoms with Crippen LogP contribution in [0.15, 0.2) is 60.7 Å². The summed E-state index contributed by atoms with van der Waals surface area (Å²) in [5, 5.41) is 0. The van der Waals surface area contributed by atoms with Crippen LogP contribution in [0.5, 0.6) is 0 Å². The number of rotatable bonds is 6. The molecule has 0 saturated heterocycles. The summed E-state index contributed by atoms with van der Waals surface area (Å²) in [5.41, 5.74) is 2.88. The van der Waals surface area contributed by atoms with E-state index in [4.69, 9.17) is 0 Å². The number of benzene rings is 2. The lowest BCUT2D eigenvalue weighted by molar-refractivity contribution is 0.460. The van der Waals surface area contributed by atoms with Crippen LogP contribution >= 0.6 is 0 Å². The van der Waals surface area contributed by atoms with E-state index in [0.717, 1.165) is 5.92 Å². The lowest BCUT2D eigenvalue weighted by Gasteiger charge is -2.22. The van der Waals surface area contributed by atoms with E-state index in [2.05, 4.69) is 74.5 Å². The van der Waals surface area contributed by atoms with E-state index in [1.165, 1.54) is 30.4 Å². The second-order valence-corrected chi connectivity index (χ2v) is 5.50. The normalized spacial score (nSPS) is 12.6. The molecule has 1 atom stereocenters. The van der Waals surface area contributed by atoms with Gasteiger partial charge in [-0.15, -0.1) is 0 Å². The van der Waals surface area contributed by atoms with Crippen LogP contribution in [0, 0.1) is 5.92 Å². The van der Waals surface area contributed by atoms with Crippen molar-refractivity contribution in [1.82, 2.24) is 0 Å². The third-order valence-corrected chi connectivity index (χ3v) is 3.82. The maximum absolute atomic E-state index is 2.38. The minimum atomic E-state index is 0.531. The van der Waals surface area contributed by atoms with E-state index in [9.17, 15) is 0 Å². The lowest BCUT2D eigenvalue weighted by Crippen LogP contribution is -2.07. The Hall–Kier alpha value is -1.56. The topological polar surface area (TPSA) is 0 Å². The molecule has 0 radical (unpaired) electrons. The average molecular weight is 252 g/mol. The van der Waals surface area contributed by atoms with Gasteiger partial charge in [-0.2, -0.15) is 0 Å². The molecule has 0 N–H and O–H groups in total. The van der Waals surface area contributed by atoms with Gasteiger partial charge in [-0.25, -0.2) is 0 Å². The van der Waals surface area contributed by atoms with Crippen LogP contribution in [0.3, 0.4) is 0 Å². The molecule has 2 aromatic rings. The molecular formula is C19H24. The van der Waals surface area contributed by atoms with Crippen LogP contribution in [0.25, 0.3) is 0 Å². The van der Waals surface area contributed by atoms with Crippen LogP contribution in [-0.2, 0) is 0 Å². The van der Waals surface area contributed by atoms with Crippen molar-refractivity contribution in [3.8, 4) is 0 Å². The monoisotopic (exact) mass is 252 g/mol. The highest BCUT2D eigenvalue weighted by Crippen LogP contribution is 2.32. The van der Waals surface area contributed by atoms with Crippen molar-refractivity contribution in [2.45, 2.75) is 39.0 Å². The molecule has 2 aromatic carbocycles. The molecule has 0 aliphatic rings. The van der Waals surface area contributed by atoms with Crippen LogP contribution in [0.4, 0.5) is 0 Å². The highest BCUT2D eigenvalue weighted by atomic mass is 14.2. The zero-order valence-electron chi connectivity index (χ0n) is 12.0. The lowest BCUT2D eigenvalue weighted by atomic mass is 9.83. The largest absolute Gasteiger partial charge is 0.0654 e. The highest BCUT2D eigenvalue weighted by Gasteiger charge is 2.16. The van der Waals surface area contributed by atoms with Crippen molar-refractivity contribution in [2.75, 3.05) is 0 Å². The van der Waals surface area contributed by atoms with Crippen LogP contribution in [0.2, 0.25) is 0 Å². The second kappa shape index (κ2) is 7.13. The van der Waals surface area contributed by atoms with Gasteiger partial charge in [0.1, 0.15) is 0 Å². The molecule has 100 valence electrons. The molecule has 0 heterocycles. The Balaban J connectivity index is 2.24. The quantitative estimate of drug-likeness (QED) is 0.623. The fraction of sp³-hybridized carbons (Fsp3) is 0.368. The predicted molar refractivity (Wildman–Crippen MR) is 83.4 cm³/mol. The van der Waals surface area contributed by atoms with Gasteiger partial charge in [0.2, 0.25) is 0 Å². The van der Waals surface area contributed by atoms with E-state index in [1.54, 1.807) is 0 Å². The Labute approximate surface area is 117 Å². The molecule has 0 unspecified atom stereocenters. The molecule has 19 heavy (non-hydrogen) atoms. The minimum Gasteiger partial charge on any atom is -0.0654 e. The SMILES string of the molecule is CCC[C@H](C)CC(c1ccccc1)c1ccccc1. The fourth-order valence-electron chi connectivity index (χ4n) is 2.85. The standard InChI is InChI=1S/C19H24/c1-3-10-16(2)15-19(17-11-6-4-7-12-17)18-13-8-5-9-14-18/h4-9,11-14,16,19H,3,10,15H2,1-2H3/t16-/m0/s1. The first-order chi connectivity index (χ1) is 9.31. The highest BCUT2D eigenvalue weighted by molar-refractivity contribution is 5.32. The minimum absolute atomic E-state index is 0.531. The summed E-state index contributed by atoms with van der Waals surface area (Å²) in [4.78, 5) is 0. The van der Waals surface area contributed by atoms with Crippen LogP contribution < -0.4 is 0 Å². The molecular weight excluding hydrogens is 228 g/mol. The van der Waals surface area contributed by atoms with Crippen molar-refractivity contribution in [1.29, 1.82) is 0 Å². The average Bonchev–Trinajstić information content (AvgIpc) is 2.47. The van der Waals surface area contributed by atoms with E-state index >= 15 is 0 Å². The molecule has 2 rings (SSSR count). The summed E-state index contributed by atoms with van der Waals surface area (Å²) < 4.78 is 0. The van der Waals surface area contributed by atoms with Gasteiger partial charge in [0.05, 0.1) is 0 Å². The summed E-state index contributed by atoms with van der Waals surface area (Å²) in [6.07, 6.45) is 3.83. The molecule has 0 aliphatic heterocycles. The van der Waals surface area contributed by atoms with Gasteiger partial charge >= 0.3 is 0 Å². The van der Waals surface area contributed by atoms with E-state index < -0.39 is 0 Å². The summed E-state index contributed by atoms with van der Waals surface area (Å²) in [5.74, 6) is 1.30. The Morgan fingerprint density at radius 2 is 1.26 bits per heavy atom. The first-order valence-corrected chi connectivity index (χ1v) is 7.41. The Morgan fingerprint density at radius 3 is 1.68 bits per heavy atom. The van der Waals surface area contributed by atoms with Gasteiger partial charge in [0.25, 0.3) is 0 Å². The van der Waals surface area contributed by atoms with E-state index in [1.807, 2.05) is 0 Å². The van der Waals surface area contributed by atoms with Crippen molar-refractivity contribution < 1.29 is 0 Å². The summed E-state index contributed by atoms with van der Waals surface area (Å²) in [6, 6.07) is 21.8. The van der Waals surface area contributed by atoms with Crippen molar-refractivity contribution >= 4 is 0 Å². The second-order valence-electron chi connectivity index (χ2n) is 5.50. The van der Waals surface area contributed by atoms with Gasteiger partial charge in [-0.1, -0.05) is 87.4 Å². The molecule has 0 nitrogen and oxygen atoms in total. The van der Waals surface area contributed by atoms with Crippen LogP contribution in [-0.4, -0.2) is 0 Å². The zero-order chi connectivity index (χ0) is 13.5. The molecule has 0 saturated carbocycles. The predicted octanol–water partition coefficient (Wildman–Crippen LogP) is 5.64. The number of hydrogen-bond acceptors (Lipinski definition) is 0. The fourth-order valence-corrected chi connectivity index (χ4v) is 2.85. The molecule has 0 spiro atoms. The van der Waals surface area contributed by atoms with Gasteiger partial charge in [-0.3, -0.25) is 0 Å². The molecule has 0 aromatic heterocycles. The van der Waals surface area contributed by atoms with Crippen LogP contribution in [0.1, 0.15) is 50.2 Å². The number of hydrogen-bond donors (Lipinski definition) is 0. The first kappa shape index (κ1) is 13.9. The third kappa shape index (κ3) is 3.96. The Bertz CT molecular complexity index is 418. The molecule has 0 aliphatic carbocycles.